The van der Waals surface area contributed by atoms with Gasteiger partial charge in [-0.3, -0.25) is 10.2 Å². The third-order valence-corrected chi connectivity index (χ3v) is 2.49. The molecule has 0 saturated carbocycles. The number of hydrogen-bond acceptors (Lipinski definition) is 4. The van der Waals surface area contributed by atoms with Gasteiger partial charge in [-0.2, -0.15) is 13.2 Å². The van der Waals surface area contributed by atoms with Crippen molar-refractivity contribution < 1.29 is 27.4 Å². The number of rotatable bonds is 8. The van der Waals surface area contributed by atoms with E-state index in [2.05, 4.69) is 0 Å². The molecule has 1 aromatic carbocycles. The van der Waals surface area contributed by atoms with Crippen molar-refractivity contribution in [3.05, 3.63) is 29.8 Å². The summed E-state index contributed by atoms with van der Waals surface area (Å²) >= 11 is 0. The van der Waals surface area contributed by atoms with Crippen LogP contribution in [0.4, 0.5) is 13.2 Å². The van der Waals surface area contributed by atoms with E-state index >= 15 is 0 Å². The number of nitrogens with two attached hydrogens (primary N) is 1. The van der Waals surface area contributed by atoms with E-state index in [1.807, 2.05) is 5.43 Å². The number of hydrogen-bond donors (Lipinski definition) is 2. The highest BCUT2D eigenvalue weighted by Crippen LogP contribution is 2.21. The standard InChI is InChI=1S/C13H17F3N2O3/c14-13(15,16)6-1-7-20-8-9-21-11-4-2-10(3-5-11)12(19)18-17/h2-5H,1,6-9,17H2,(H,18,19). The van der Waals surface area contributed by atoms with Gasteiger partial charge in [-0.15, -0.1) is 0 Å². The fraction of sp³-hybridized carbons (Fsp3) is 0.462. The van der Waals surface area contributed by atoms with Gasteiger partial charge < -0.3 is 9.47 Å². The third-order valence-electron chi connectivity index (χ3n) is 2.49. The van der Waals surface area contributed by atoms with Crippen molar-refractivity contribution in [2.45, 2.75) is 19.0 Å². The van der Waals surface area contributed by atoms with E-state index in [1.54, 1.807) is 24.3 Å². The Kier molecular flexibility index (Phi) is 6.97. The van der Waals surface area contributed by atoms with Crippen LogP contribution < -0.4 is 16.0 Å². The maximum atomic E-state index is 11.9. The lowest BCUT2D eigenvalue weighted by molar-refractivity contribution is -0.138. The zero-order chi connectivity index (χ0) is 15.7. The monoisotopic (exact) mass is 306 g/mol. The second kappa shape index (κ2) is 8.48. The Morgan fingerprint density at radius 3 is 2.38 bits per heavy atom. The molecular weight excluding hydrogens is 289 g/mol. The Bertz CT molecular complexity index is 435. The van der Waals surface area contributed by atoms with Crippen molar-refractivity contribution in [1.82, 2.24) is 5.43 Å². The molecule has 1 amide bonds. The van der Waals surface area contributed by atoms with Gasteiger partial charge >= 0.3 is 6.18 Å². The summed E-state index contributed by atoms with van der Waals surface area (Å²) in [5.41, 5.74) is 2.40. The minimum Gasteiger partial charge on any atom is -0.491 e. The van der Waals surface area contributed by atoms with Crippen molar-refractivity contribution in [2.24, 2.45) is 5.84 Å². The number of amides is 1. The van der Waals surface area contributed by atoms with Crippen LogP contribution in [0, 0.1) is 0 Å². The molecule has 0 atom stereocenters. The summed E-state index contributed by atoms with van der Waals surface area (Å²) in [5, 5.41) is 0. The first-order valence-corrected chi connectivity index (χ1v) is 6.30. The predicted molar refractivity (Wildman–Crippen MR) is 69.7 cm³/mol. The second-order valence-corrected chi connectivity index (χ2v) is 4.18. The zero-order valence-electron chi connectivity index (χ0n) is 11.3. The number of nitrogens with one attached hydrogen (secondary N) is 1. The van der Waals surface area contributed by atoms with Crippen LogP contribution in [0.2, 0.25) is 0 Å². The fourth-order valence-electron chi connectivity index (χ4n) is 1.48. The molecule has 0 heterocycles. The van der Waals surface area contributed by atoms with Crippen LogP contribution in [0.25, 0.3) is 0 Å². The van der Waals surface area contributed by atoms with Crippen molar-refractivity contribution in [3.63, 3.8) is 0 Å². The summed E-state index contributed by atoms with van der Waals surface area (Å²) < 4.78 is 45.9. The molecule has 0 aliphatic heterocycles. The van der Waals surface area contributed by atoms with Crippen molar-refractivity contribution >= 4 is 5.91 Å². The van der Waals surface area contributed by atoms with Crippen LogP contribution >= 0.6 is 0 Å². The van der Waals surface area contributed by atoms with Gasteiger partial charge in [-0.1, -0.05) is 0 Å². The Morgan fingerprint density at radius 1 is 1.14 bits per heavy atom. The third kappa shape index (κ3) is 7.52. The van der Waals surface area contributed by atoms with Crippen molar-refractivity contribution in [3.8, 4) is 5.75 Å². The molecular formula is C13H17F3N2O3. The van der Waals surface area contributed by atoms with E-state index in [1.165, 1.54) is 0 Å². The van der Waals surface area contributed by atoms with E-state index in [4.69, 9.17) is 15.3 Å². The predicted octanol–water partition coefficient (Wildman–Crippen LogP) is 2.03. The summed E-state index contributed by atoms with van der Waals surface area (Å²) in [7, 11) is 0. The molecule has 8 heteroatoms. The molecule has 0 unspecified atom stereocenters. The van der Waals surface area contributed by atoms with Crippen LogP contribution in [-0.4, -0.2) is 31.9 Å². The van der Waals surface area contributed by atoms with E-state index in [-0.39, 0.29) is 26.2 Å². The first-order chi connectivity index (χ1) is 9.92. The van der Waals surface area contributed by atoms with Gasteiger partial charge in [0.25, 0.3) is 5.91 Å². The van der Waals surface area contributed by atoms with E-state index in [0.29, 0.717) is 11.3 Å². The highest BCUT2D eigenvalue weighted by atomic mass is 19.4. The number of halogens is 3. The molecule has 1 aromatic rings. The molecule has 0 saturated heterocycles. The van der Waals surface area contributed by atoms with Gasteiger partial charge in [0.05, 0.1) is 6.61 Å². The molecule has 0 fully saturated rings. The Hall–Kier alpha value is -1.80. The van der Waals surface area contributed by atoms with Crippen LogP contribution in [0.1, 0.15) is 23.2 Å². The smallest absolute Gasteiger partial charge is 0.389 e. The summed E-state index contributed by atoms with van der Waals surface area (Å²) in [6.45, 7) is 0.454. The van der Waals surface area contributed by atoms with Crippen LogP contribution in [0.3, 0.4) is 0 Å². The number of hydrazine groups is 1. The quantitative estimate of drug-likeness (QED) is 0.333. The maximum absolute atomic E-state index is 11.9. The molecule has 5 nitrogen and oxygen atoms in total. The molecule has 118 valence electrons. The van der Waals surface area contributed by atoms with Gasteiger partial charge in [-0.25, -0.2) is 5.84 Å². The minimum atomic E-state index is -4.14. The Morgan fingerprint density at radius 2 is 1.81 bits per heavy atom. The molecule has 0 radical (unpaired) electrons. The van der Waals surface area contributed by atoms with E-state index in [0.717, 1.165) is 0 Å². The van der Waals surface area contributed by atoms with Crippen molar-refractivity contribution in [1.29, 1.82) is 0 Å². The number of carbonyl (C=O) groups is 1. The lowest BCUT2D eigenvalue weighted by Crippen LogP contribution is -2.29. The first kappa shape index (κ1) is 17.3. The average Bonchev–Trinajstić information content (AvgIpc) is 2.45. The zero-order valence-corrected chi connectivity index (χ0v) is 11.3. The number of carbonyl (C=O) groups excluding carboxylic acids is 1. The molecule has 0 aliphatic rings. The summed E-state index contributed by atoms with van der Waals surface area (Å²) in [6, 6.07) is 6.27. The lowest BCUT2D eigenvalue weighted by Gasteiger charge is -2.08. The molecule has 0 aliphatic carbocycles. The fourth-order valence-corrected chi connectivity index (χ4v) is 1.48. The number of benzene rings is 1. The van der Waals surface area contributed by atoms with Crippen LogP contribution in [0.5, 0.6) is 5.75 Å². The van der Waals surface area contributed by atoms with E-state index in [9.17, 15) is 18.0 Å². The minimum absolute atomic E-state index is 0.0402. The molecule has 21 heavy (non-hydrogen) atoms. The molecule has 0 aromatic heterocycles. The van der Waals surface area contributed by atoms with Gasteiger partial charge in [0.1, 0.15) is 12.4 Å². The first-order valence-electron chi connectivity index (χ1n) is 6.30. The largest absolute Gasteiger partial charge is 0.491 e. The van der Waals surface area contributed by atoms with Gasteiger partial charge in [0, 0.05) is 18.6 Å². The van der Waals surface area contributed by atoms with Crippen LogP contribution in [0.15, 0.2) is 24.3 Å². The lowest BCUT2D eigenvalue weighted by atomic mass is 10.2. The van der Waals surface area contributed by atoms with Gasteiger partial charge in [0.15, 0.2) is 0 Å². The van der Waals surface area contributed by atoms with E-state index < -0.39 is 18.5 Å². The molecule has 0 bridgehead atoms. The SMILES string of the molecule is NNC(=O)c1ccc(OCCOCCCC(F)(F)F)cc1. The molecule has 0 spiro atoms. The van der Waals surface area contributed by atoms with Crippen molar-refractivity contribution in [2.75, 3.05) is 19.8 Å². The van der Waals surface area contributed by atoms with Gasteiger partial charge in [-0.05, 0) is 30.7 Å². The number of nitrogen functional groups attached to an aromatic ring is 1. The van der Waals surface area contributed by atoms with Gasteiger partial charge in [0.2, 0.25) is 0 Å². The average molecular weight is 306 g/mol. The topological polar surface area (TPSA) is 73.6 Å². The summed E-state index contributed by atoms with van der Waals surface area (Å²) in [6.07, 6.45) is -5.05. The second-order valence-electron chi connectivity index (χ2n) is 4.18. The molecule has 3 N–H and O–H groups in total. The highest BCUT2D eigenvalue weighted by Gasteiger charge is 2.25. The highest BCUT2D eigenvalue weighted by molar-refractivity contribution is 5.93. The Labute approximate surface area is 120 Å². The van der Waals surface area contributed by atoms with Crippen LogP contribution in [-0.2, 0) is 4.74 Å². The number of alkyl halides is 3. The number of ether oxygens (including phenoxy) is 2. The Balaban J connectivity index is 2.14. The molecule has 1 rings (SSSR count). The maximum Gasteiger partial charge on any atom is 0.389 e. The summed E-state index contributed by atoms with van der Waals surface area (Å²) in [4.78, 5) is 11.2. The normalized spacial score (nSPS) is 11.2. The summed E-state index contributed by atoms with van der Waals surface area (Å²) in [5.74, 6) is 5.11.